The summed E-state index contributed by atoms with van der Waals surface area (Å²) in [5.74, 6) is 0.695. The van der Waals surface area contributed by atoms with Crippen molar-refractivity contribution in [2.75, 3.05) is 13.2 Å². The van der Waals surface area contributed by atoms with Crippen molar-refractivity contribution in [3.8, 4) is 0 Å². The molecule has 0 bridgehead atoms. The molecule has 1 aliphatic rings. The molecule has 1 atom stereocenters. The predicted octanol–water partition coefficient (Wildman–Crippen LogP) is 1.59. The third-order valence-electron chi connectivity index (χ3n) is 3.04. The molecule has 3 nitrogen and oxygen atoms in total. The zero-order chi connectivity index (χ0) is 11.5. The van der Waals surface area contributed by atoms with Crippen molar-refractivity contribution < 1.29 is 9.90 Å². The molecule has 2 rings (SSSR count). The van der Waals surface area contributed by atoms with E-state index in [1.165, 1.54) is 16.9 Å². The highest BCUT2D eigenvalue weighted by Gasteiger charge is 2.22. The smallest absolute Gasteiger partial charge is 0.252 e. The average molecular weight is 239 g/mol. The Hall–Kier alpha value is -0.870. The fraction of sp³-hybridized carbons (Fsp3) is 0.583. The summed E-state index contributed by atoms with van der Waals surface area (Å²) in [4.78, 5) is 13.2. The van der Waals surface area contributed by atoms with Gasteiger partial charge in [-0.05, 0) is 30.7 Å². The van der Waals surface area contributed by atoms with E-state index in [0.717, 1.165) is 24.3 Å². The van der Waals surface area contributed by atoms with Crippen LogP contribution in [0.3, 0.4) is 0 Å². The summed E-state index contributed by atoms with van der Waals surface area (Å²) in [5.41, 5.74) is 2.05. The topological polar surface area (TPSA) is 49.3 Å². The minimum Gasteiger partial charge on any atom is -0.395 e. The summed E-state index contributed by atoms with van der Waals surface area (Å²) in [7, 11) is 0. The second-order valence-corrected chi connectivity index (χ2v) is 5.34. The summed E-state index contributed by atoms with van der Waals surface area (Å²) in [5, 5.41) is 13.3. The Morgan fingerprint density at radius 1 is 1.69 bits per heavy atom. The number of amides is 1. The molecule has 0 saturated carbocycles. The third kappa shape index (κ3) is 2.28. The quantitative estimate of drug-likeness (QED) is 0.841. The lowest BCUT2D eigenvalue weighted by Gasteiger charge is -2.18. The molecule has 0 saturated heterocycles. The molecule has 1 aromatic heterocycles. The van der Waals surface area contributed by atoms with Gasteiger partial charge in [0.15, 0.2) is 0 Å². The van der Waals surface area contributed by atoms with Crippen LogP contribution in [0.4, 0.5) is 0 Å². The van der Waals surface area contributed by atoms with Gasteiger partial charge in [-0.3, -0.25) is 4.79 Å². The Morgan fingerprint density at radius 2 is 2.50 bits per heavy atom. The lowest BCUT2D eigenvalue weighted by atomic mass is 9.88. The molecule has 0 unspecified atom stereocenters. The molecule has 0 fully saturated rings. The van der Waals surface area contributed by atoms with Crippen LogP contribution in [0.15, 0.2) is 5.38 Å². The molecule has 0 radical (unpaired) electrons. The van der Waals surface area contributed by atoms with E-state index in [0.29, 0.717) is 6.54 Å². The molecule has 1 amide bonds. The van der Waals surface area contributed by atoms with Crippen molar-refractivity contribution in [1.29, 1.82) is 0 Å². The SMILES string of the molecule is C[C@@H]1CCc2c(C(=O)NCCO)csc2C1. The van der Waals surface area contributed by atoms with Gasteiger partial charge in [-0.1, -0.05) is 6.92 Å². The molecule has 2 N–H and O–H groups in total. The van der Waals surface area contributed by atoms with Crippen molar-refractivity contribution in [3.05, 3.63) is 21.4 Å². The highest BCUT2D eigenvalue weighted by atomic mass is 32.1. The molecule has 16 heavy (non-hydrogen) atoms. The zero-order valence-corrected chi connectivity index (χ0v) is 10.3. The maximum atomic E-state index is 11.8. The van der Waals surface area contributed by atoms with E-state index in [4.69, 9.17) is 5.11 Å². The van der Waals surface area contributed by atoms with Gasteiger partial charge < -0.3 is 10.4 Å². The Balaban J connectivity index is 2.14. The monoisotopic (exact) mass is 239 g/mol. The van der Waals surface area contributed by atoms with Crippen molar-refractivity contribution in [1.82, 2.24) is 5.32 Å². The summed E-state index contributed by atoms with van der Waals surface area (Å²) in [6, 6.07) is 0. The summed E-state index contributed by atoms with van der Waals surface area (Å²) < 4.78 is 0. The molecule has 1 aromatic rings. The van der Waals surface area contributed by atoms with Gasteiger partial charge >= 0.3 is 0 Å². The minimum absolute atomic E-state index is 0.00486. The van der Waals surface area contributed by atoms with Crippen LogP contribution < -0.4 is 5.32 Å². The normalized spacial score (nSPS) is 19.2. The van der Waals surface area contributed by atoms with Crippen LogP contribution in [-0.2, 0) is 12.8 Å². The average Bonchev–Trinajstić information content (AvgIpc) is 2.68. The second kappa shape index (κ2) is 4.97. The molecule has 1 aliphatic carbocycles. The summed E-state index contributed by atoms with van der Waals surface area (Å²) >= 11 is 1.69. The predicted molar refractivity (Wildman–Crippen MR) is 64.9 cm³/mol. The number of carbonyl (C=O) groups is 1. The van der Waals surface area contributed by atoms with Crippen LogP contribution in [0.5, 0.6) is 0 Å². The molecule has 1 heterocycles. The van der Waals surface area contributed by atoms with E-state index in [2.05, 4.69) is 12.2 Å². The van der Waals surface area contributed by atoms with Gasteiger partial charge in [0.25, 0.3) is 5.91 Å². The van der Waals surface area contributed by atoms with Gasteiger partial charge in [-0.2, -0.15) is 0 Å². The van der Waals surface area contributed by atoms with E-state index >= 15 is 0 Å². The first-order chi connectivity index (χ1) is 7.72. The molecular formula is C12H17NO2S. The van der Waals surface area contributed by atoms with E-state index < -0.39 is 0 Å². The molecule has 4 heteroatoms. The van der Waals surface area contributed by atoms with Gasteiger partial charge in [-0.15, -0.1) is 11.3 Å². The summed E-state index contributed by atoms with van der Waals surface area (Å²) in [6.07, 6.45) is 3.29. The fourth-order valence-electron chi connectivity index (χ4n) is 2.13. The Labute approximate surface area is 99.5 Å². The van der Waals surface area contributed by atoms with Crippen LogP contribution in [0.1, 0.15) is 34.1 Å². The number of fused-ring (bicyclic) bond motifs is 1. The van der Waals surface area contributed by atoms with Crippen molar-refractivity contribution >= 4 is 17.2 Å². The third-order valence-corrected chi connectivity index (χ3v) is 4.09. The van der Waals surface area contributed by atoms with Gasteiger partial charge in [0, 0.05) is 16.8 Å². The Bertz CT molecular complexity index is 386. The molecule has 0 spiro atoms. The highest BCUT2D eigenvalue weighted by molar-refractivity contribution is 7.10. The van der Waals surface area contributed by atoms with E-state index in [1.807, 2.05) is 5.38 Å². The molecular weight excluding hydrogens is 222 g/mol. The summed E-state index contributed by atoms with van der Waals surface area (Å²) in [6.45, 7) is 2.59. The first-order valence-corrected chi connectivity index (χ1v) is 6.58. The minimum atomic E-state index is -0.0406. The molecule has 88 valence electrons. The fourth-order valence-corrected chi connectivity index (χ4v) is 3.38. The largest absolute Gasteiger partial charge is 0.395 e. The lowest BCUT2D eigenvalue weighted by molar-refractivity contribution is 0.0944. The number of carbonyl (C=O) groups excluding carboxylic acids is 1. The van der Waals surface area contributed by atoms with Crippen LogP contribution in [0, 0.1) is 5.92 Å². The van der Waals surface area contributed by atoms with Crippen LogP contribution >= 0.6 is 11.3 Å². The lowest BCUT2D eigenvalue weighted by Crippen LogP contribution is -2.27. The van der Waals surface area contributed by atoms with Crippen LogP contribution in [0.2, 0.25) is 0 Å². The molecule has 0 aliphatic heterocycles. The maximum absolute atomic E-state index is 11.8. The van der Waals surface area contributed by atoms with E-state index in [-0.39, 0.29) is 12.5 Å². The standard InChI is InChI=1S/C12H17NO2S/c1-8-2-3-9-10(7-16-11(9)6-8)12(15)13-4-5-14/h7-8,14H,2-6H2,1H3,(H,13,15)/t8-/m1/s1. The van der Waals surface area contributed by atoms with E-state index in [1.54, 1.807) is 11.3 Å². The van der Waals surface area contributed by atoms with Crippen molar-refractivity contribution in [2.24, 2.45) is 5.92 Å². The number of hydrogen-bond donors (Lipinski definition) is 2. The number of aliphatic hydroxyl groups is 1. The second-order valence-electron chi connectivity index (χ2n) is 4.38. The van der Waals surface area contributed by atoms with Gasteiger partial charge in [0.2, 0.25) is 0 Å². The number of hydrogen-bond acceptors (Lipinski definition) is 3. The first-order valence-electron chi connectivity index (χ1n) is 5.70. The Kier molecular flexibility index (Phi) is 3.61. The van der Waals surface area contributed by atoms with Crippen molar-refractivity contribution in [3.63, 3.8) is 0 Å². The van der Waals surface area contributed by atoms with Gasteiger partial charge in [0.1, 0.15) is 0 Å². The van der Waals surface area contributed by atoms with E-state index in [9.17, 15) is 4.79 Å². The number of aliphatic hydroxyl groups excluding tert-OH is 1. The maximum Gasteiger partial charge on any atom is 0.252 e. The number of thiophene rings is 1. The molecule has 0 aromatic carbocycles. The number of rotatable bonds is 3. The zero-order valence-electron chi connectivity index (χ0n) is 9.45. The Morgan fingerprint density at radius 3 is 3.25 bits per heavy atom. The van der Waals surface area contributed by atoms with Gasteiger partial charge in [-0.25, -0.2) is 0 Å². The van der Waals surface area contributed by atoms with Gasteiger partial charge in [0.05, 0.1) is 12.2 Å². The first kappa shape index (κ1) is 11.6. The van der Waals surface area contributed by atoms with Crippen LogP contribution in [-0.4, -0.2) is 24.2 Å². The van der Waals surface area contributed by atoms with Crippen LogP contribution in [0.25, 0.3) is 0 Å². The highest BCUT2D eigenvalue weighted by Crippen LogP contribution is 2.32. The van der Waals surface area contributed by atoms with Crippen molar-refractivity contribution in [2.45, 2.75) is 26.2 Å². The number of nitrogens with one attached hydrogen (secondary N) is 1.